The standard InChI is InChI=1S/C11H22O/c1-4-12-11-7-5-6-10(8-11)9(2)3/h9-11H,4-8H2,1-3H3. The van der Waals surface area contributed by atoms with Gasteiger partial charge in [-0.3, -0.25) is 0 Å². The summed E-state index contributed by atoms with van der Waals surface area (Å²) in [6.07, 6.45) is 5.94. The average Bonchev–Trinajstić information content (AvgIpc) is 2.05. The molecule has 2 atom stereocenters. The lowest BCUT2D eigenvalue weighted by atomic mass is 9.80. The van der Waals surface area contributed by atoms with Crippen LogP contribution in [-0.4, -0.2) is 12.7 Å². The fraction of sp³-hybridized carbons (Fsp3) is 1.00. The van der Waals surface area contributed by atoms with Crippen molar-refractivity contribution >= 4 is 0 Å². The van der Waals surface area contributed by atoms with E-state index in [0.717, 1.165) is 18.4 Å². The van der Waals surface area contributed by atoms with E-state index in [4.69, 9.17) is 4.74 Å². The molecule has 1 saturated carbocycles. The lowest BCUT2D eigenvalue weighted by Gasteiger charge is -2.31. The van der Waals surface area contributed by atoms with Crippen LogP contribution in [0.25, 0.3) is 0 Å². The van der Waals surface area contributed by atoms with Gasteiger partial charge in [-0.1, -0.05) is 26.7 Å². The summed E-state index contributed by atoms with van der Waals surface area (Å²) in [6, 6.07) is 0. The Labute approximate surface area is 76.5 Å². The second kappa shape index (κ2) is 4.86. The van der Waals surface area contributed by atoms with Gasteiger partial charge >= 0.3 is 0 Å². The average molecular weight is 170 g/mol. The van der Waals surface area contributed by atoms with Crippen LogP contribution in [0.2, 0.25) is 0 Å². The Hall–Kier alpha value is -0.0400. The SMILES string of the molecule is CCOC1CCCC(C(C)C)C1. The minimum atomic E-state index is 0.566. The predicted molar refractivity (Wildman–Crippen MR) is 52.2 cm³/mol. The van der Waals surface area contributed by atoms with E-state index >= 15 is 0 Å². The van der Waals surface area contributed by atoms with Crippen LogP contribution in [0.15, 0.2) is 0 Å². The van der Waals surface area contributed by atoms with Crippen molar-refractivity contribution < 1.29 is 4.74 Å². The molecule has 0 aromatic heterocycles. The molecule has 12 heavy (non-hydrogen) atoms. The predicted octanol–water partition coefficient (Wildman–Crippen LogP) is 3.24. The van der Waals surface area contributed by atoms with Crippen LogP contribution in [-0.2, 0) is 4.74 Å². The third-order valence-electron chi connectivity index (χ3n) is 3.01. The van der Waals surface area contributed by atoms with Crippen molar-refractivity contribution in [3.05, 3.63) is 0 Å². The molecule has 0 aromatic rings. The number of ether oxygens (including phenoxy) is 1. The number of hydrogen-bond donors (Lipinski definition) is 0. The van der Waals surface area contributed by atoms with E-state index in [0.29, 0.717) is 6.10 Å². The quantitative estimate of drug-likeness (QED) is 0.632. The lowest BCUT2D eigenvalue weighted by molar-refractivity contribution is 0.0128. The van der Waals surface area contributed by atoms with Crippen LogP contribution in [0, 0.1) is 11.8 Å². The molecule has 0 spiro atoms. The molecule has 0 saturated heterocycles. The van der Waals surface area contributed by atoms with Gasteiger partial charge in [0.05, 0.1) is 6.10 Å². The zero-order chi connectivity index (χ0) is 8.97. The van der Waals surface area contributed by atoms with Gasteiger partial charge in [-0.25, -0.2) is 0 Å². The minimum absolute atomic E-state index is 0.566. The van der Waals surface area contributed by atoms with E-state index in [2.05, 4.69) is 20.8 Å². The fourth-order valence-electron chi connectivity index (χ4n) is 2.17. The van der Waals surface area contributed by atoms with Gasteiger partial charge in [0, 0.05) is 6.61 Å². The second-order valence-corrected chi connectivity index (χ2v) is 4.25. The van der Waals surface area contributed by atoms with Gasteiger partial charge in [0.15, 0.2) is 0 Å². The van der Waals surface area contributed by atoms with E-state index in [1.165, 1.54) is 25.7 Å². The molecule has 1 aliphatic carbocycles. The van der Waals surface area contributed by atoms with Gasteiger partial charge in [0.2, 0.25) is 0 Å². The molecule has 72 valence electrons. The van der Waals surface area contributed by atoms with Gasteiger partial charge in [0.1, 0.15) is 0 Å². The summed E-state index contributed by atoms with van der Waals surface area (Å²) >= 11 is 0. The molecule has 1 fully saturated rings. The summed E-state index contributed by atoms with van der Waals surface area (Å²) < 4.78 is 5.66. The van der Waals surface area contributed by atoms with Crippen molar-refractivity contribution in [1.82, 2.24) is 0 Å². The molecule has 0 amide bonds. The summed E-state index contributed by atoms with van der Waals surface area (Å²) in [6.45, 7) is 7.65. The molecule has 1 rings (SSSR count). The van der Waals surface area contributed by atoms with Gasteiger partial charge in [-0.05, 0) is 31.6 Å². The summed E-state index contributed by atoms with van der Waals surface area (Å²) in [5.74, 6) is 1.75. The molecule has 0 N–H and O–H groups in total. The molecular weight excluding hydrogens is 148 g/mol. The monoisotopic (exact) mass is 170 g/mol. The maximum Gasteiger partial charge on any atom is 0.0577 e. The molecule has 2 unspecified atom stereocenters. The Morgan fingerprint density at radius 3 is 2.67 bits per heavy atom. The first-order valence-corrected chi connectivity index (χ1v) is 5.35. The van der Waals surface area contributed by atoms with Crippen LogP contribution < -0.4 is 0 Å². The Morgan fingerprint density at radius 1 is 1.33 bits per heavy atom. The molecule has 0 radical (unpaired) electrons. The van der Waals surface area contributed by atoms with Crippen LogP contribution in [0.5, 0.6) is 0 Å². The van der Waals surface area contributed by atoms with Gasteiger partial charge in [-0.15, -0.1) is 0 Å². The summed E-state index contributed by atoms with van der Waals surface area (Å²) in [5.41, 5.74) is 0. The zero-order valence-electron chi connectivity index (χ0n) is 8.68. The first kappa shape index (κ1) is 10.0. The highest BCUT2D eigenvalue weighted by atomic mass is 16.5. The highest BCUT2D eigenvalue weighted by Crippen LogP contribution is 2.31. The third kappa shape index (κ3) is 2.78. The maximum atomic E-state index is 5.66. The molecule has 1 aliphatic rings. The normalized spacial score (nSPS) is 31.0. The smallest absolute Gasteiger partial charge is 0.0577 e. The zero-order valence-corrected chi connectivity index (χ0v) is 8.68. The largest absolute Gasteiger partial charge is 0.378 e. The van der Waals surface area contributed by atoms with E-state index < -0.39 is 0 Å². The number of hydrogen-bond acceptors (Lipinski definition) is 1. The van der Waals surface area contributed by atoms with Crippen LogP contribution in [0.1, 0.15) is 46.5 Å². The van der Waals surface area contributed by atoms with E-state index in [1.54, 1.807) is 0 Å². The Morgan fingerprint density at radius 2 is 2.08 bits per heavy atom. The topological polar surface area (TPSA) is 9.23 Å². The van der Waals surface area contributed by atoms with Crippen molar-refractivity contribution in [3.8, 4) is 0 Å². The van der Waals surface area contributed by atoms with Crippen LogP contribution >= 0.6 is 0 Å². The van der Waals surface area contributed by atoms with Crippen molar-refractivity contribution in [2.24, 2.45) is 11.8 Å². The van der Waals surface area contributed by atoms with Gasteiger partial charge in [0.25, 0.3) is 0 Å². The third-order valence-corrected chi connectivity index (χ3v) is 3.01. The maximum absolute atomic E-state index is 5.66. The Balaban J connectivity index is 2.30. The second-order valence-electron chi connectivity index (χ2n) is 4.25. The molecule has 0 aromatic carbocycles. The van der Waals surface area contributed by atoms with Crippen molar-refractivity contribution in [2.45, 2.75) is 52.6 Å². The highest BCUT2D eigenvalue weighted by molar-refractivity contribution is 4.75. The van der Waals surface area contributed by atoms with Crippen LogP contribution in [0.3, 0.4) is 0 Å². The fourth-order valence-corrected chi connectivity index (χ4v) is 2.17. The summed E-state index contributed by atoms with van der Waals surface area (Å²) in [7, 11) is 0. The molecular formula is C11H22O. The lowest BCUT2D eigenvalue weighted by Crippen LogP contribution is -2.25. The van der Waals surface area contributed by atoms with E-state index in [1.807, 2.05) is 0 Å². The minimum Gasteiger partial charge on any atom is -0.378 e. The van der Waals surface area contributed by atoms with E-state index in [9.17, 15) is 0 Å². The summed E-state index contributed by atoms with van der Waals surface area (Å²) in [5, 5.41) is 0. The number of rotatable bonds is 3. The molecule has 1 heteroatoms. The Kier molecular flexibility index (Phi) is 4.07. The molecule has 1 nitrogen and oxygen atoms in total. The van der Waals surface area contributed by atoms with Crippen molar-refractivity contribution in [3.63, 3.8) is 0 Å². The first-order valence-electron chi connectivity index (χ1n) is 5.35. The van der Waals surface area contributed by atoms with Gasteiger partial charge in [-0.2, -0.15) is 0 Å². The Bertz CT molecular complexity index is 118. The first-order chi connectivity index (χ1) is 5.74. The summed E-state index contributed by atoms with van der Waals surface area (Å²) in [4.78, 5) is 0. The van der Waals surface area contributed by atoms with Gasteiger partial charge < -0.3 is 4.74 Å². The van der Waals surface area contributed by atoms with Crippen LogP contribution in [0.4, 0.5) is 0 Å². The molecule has 0 heterocycles. The van der Waals surface area contributed by atoms with Crippen molar-refractivity contribution in [1.29, 1.82) is 0 Å². The van der Waals surface area contributed by atoms with Crippen molar-refractivity contribution in [2.75, 3.05) is 6.61 Å². The molecule has 0 aliphatic heterocycles. The van der Waals surface area contributed by atoms with E-state index in [-0.39, 0.29) is 0 Å². The molecule has 0 bridgehead atoms. The highest BCUT2D eigenvalue weighted by Gasteiger charge is 2.23.